The highest BCUT2D eigenvalue weighted by Gasteiger charge is 2.34. The summed E-state index contributed by atoms with van der Waals surface area (Å²) >= 11 is 1.33. The van der Waals surface area contributed by atoms with Crippen molar-refractivity contribution in [2.75, 3.05) is 19.5 Å². The molecule has 33 heavy (non-hydrogen) atoms. The van der Waals surface area contributed by atoms with Crippen LogP contribution in [0.15, 0.2) is 57.6 Å². The summed E-state index contributed by atoms with van der Waals surface area (Å²) in [5, 5.41) is 4.38. The Morgan fingerprint density at radius 1 is 1.03 bits per heavy atom. The molecule has 2 heterocycles. The van der Waals surface area contributed by atoms with Crippen molar-refractivity contribution in [2.24, 2.45) is 0 Å². The maximum absolute atomic E-state index is 13.4. The minimum atomic E-state index is -3.83. The first-order chi connectivity index (χ1) is 15.7. The first kappa shape index (κ1) is 23.1. The summed E-state index contributed by atoms with van der Waals surface area (Å²) in [7, 11) is -0.738. The second kappa shape index (κ2) is 9.07. The van der Waals surface area contributed by atoms with E-state index in [0.717, 1.165) is 10.4 Å². The molecule has 0 aliphatic carbocycles. The monoisotopic (exact) mass is 487 g/mol. The van der Waals surface area contributed by atoms with Crippen molar-refractivity contribution in [2.45, 2.75) is 42.1 Å². The number of carbonyl (C=O) groups excluding carboxylic acids is 1. The van der Waals surface area contributed by atoms with Crippen LogP contribution in [0.5, 0.6) is 17.2 Å². The maximum atomic E-state index is 13.4. The Balaban J connectivity index is 1.77. The number of fused-ring (bicyclic) bond motifs is 1. The fourth-order valence-corrected chi connectivity index (χ4v) is 6.72. The summed E-state index contributed by atoms with van der Waals surface area (Å²) in [5.41, 5.74) is 1.21. The van der Waals surface area contributed by atoms with E-state index in [0.29, 0.717) is 22.9 Å². The third-order valence-electron chi connectivity index (χ3n) is 5.37. The minimum Gasteiger partial charge on any atom is -0.497 e. The highest BCUT2D eigenvalue weighted by molar-refractivity contribution is 7.91. The van der Waals surface area contributed by atoms with Crippen LogP contribution in [0.1, 0.15) is 36.6 Å². The zero-order valence-electron chi connectivity index (χ0n) is 18.7. The van der Waals surface area contributed by atoms with E-state index in [1.54, 1.807) is 24.6 Å². The van der Waals surface area contributed by atoms with Gasteiger partial charge in [0, 0.05) is 22.6 Å². The van der Waals surface area contributed by atoms with Gasteiger partial charge in [-0.3, -0.25) is 4.79 Å². The van der Waals surface area contributed by atoms with Gasteiger partial charge in [-0.25, -0.2) is 8.42 Å². The lowest BCUT2D eigenvalue weighted by atomic mass is 9.90. The molecule has 1 aliphatic heterocycles. The van der Waals surface area contributed by atoms with Crippen molar-refractivity contribution in [3.05, 3.63) is 58.3 Å². The smallest absolute Gasteiger partial charge is 0.225 e. The Kier molecular flexibility index (Phi) is 6.36. The van der Waals surface area contributed by atoms with E-state index in [4.69, 9.17) is 14.2 Å². The fraction of sp³-hybridized carbons (Fsp3) is 0.292. The number of carbonyl (C=O) groups is 1. The van der Waals surface area contributed by atoms with Crippen molar-refractivity contribution in [1.82, 2.24) is 0 Å². The van der Waals surface area contributed by atoms with E-state index in [9.17, 15) is 13.2 Å². The van der Waals surface area contributed by atoms with Crippen LogP contribution in [0.2, 0.25) is 0 Å². The van der Waals surface area contributed by atoms with Gasteiger partial charge in [0.2, 0.25) is 15.7 Å². The topological polar surface area (TPSA) is 90.9 Å². The van der Waals surface area contributed by atoms with Crippen LogP contribution in [0.25, 0.3) is 0 Å². The molecule has 174 valence electrons. The van der Waals surface area contributed by atoms with Gasteiger partial charge in [-0.2, -0.15) is 0 Å². The third kappa shape index (κ3) is 4.43. The van der Waals surface area contributed by atoms with Crippen LogP contribution in [0, 0.1) is 0 Å². The van der Waals surface area contributed by atoms with Gasteiger partial charge >= 0.3 is 0 Å². The van der Waals surface area contributed by atoms with Crippen molar-refractivity contribution in [3.8, 4) is 17.2 Å². The lowest BCUT2D eigenvalue weighted by Gasteiger charge is -2.25. The number of benzene rings is 2. The first-order valence-corrected chi connectivity index (χ1v) is 12.8. The highest BCUT2D eigenvalue weighted by Crippen LogP contribution is 2.47. The standard InChI is InChI=1S/C24H25NO6S2/c1-14(2)31-20-11-15(5-10-19(20)30-4)18-12-22(26)25-23-21(13-32-24(18)23)33(27,28)17-8-6-16(29-3)7-9-17/h5-11,13-14,18H,12H2,1-4H3,(H,25,26)/t18-/m1/s1. The zero-order valence-corrected chi connectivity index (χ0v) is 20.4. The number of anilines is 1. The molecular formula is C24H25NO6S2. The molecule has 4 rings (SSSR count). The van der Waals surface area contributed by atoms with Gasteiger partial charge in [-0.1, -0.05) is 6.07 Å². The van der Waals surface area contributed by atoms with E-state index in [1.807, 2.05) is 32.0 Å². The van der Waals surface area contributed by atoms with Crippen molar-refractivity contribution < 1.29 is 27.4 Å². The number of hydrogen-bond donors (Lipinski definition) is 1. The largest absolute Gasteiger partial charge is 0.497 e. The average Bonchev–Trinajstić information content (AvgIpc) is 3.22. The Labute approximate surface area is 197 Å². The summed E-state index contributed by atoms with van der Waals surface area (Å²) in [6, 6.07) is 11.8. The number of methoxy groups -OCH3 is 2. The number of nitrogens with one attached hydrogen (secondary N) is 1. The normalized spacial score (nSPS) is 15.7. The summed E-state index contributed by atoms with van der Waals surface area (Å²) in [6.07, 6.45) is 0.158. The predicted molar refractivity (Wildman–Crippen MR) is 127 cm³/mol. The number of amides is 1. The molecule has 1 aliphatic rings. The second-order valence-electron chi connectivity index (χ2n) is 7.90. The highest BCUT2D eigenvalue weighted by atomic mass is 32.2. The fourth-order valence-electron chi connectivity index (χ4n) is 3.81. The summed E-state index contributed by atoms with van der Waals surface area (Å²) in [6.45, 7) is 3.85. The van der Waals surface area contributed by atoms with Gasteiger partial charge in [0.25, 0.3) is 0 Å². The number of ether oxygens (including phenoxy) is 3. The number of sulfone groups is 1. The van der Waals surface area contributed by atoms with Gasteiger partial charge < -0.3 is 19.5 Å². The Morgan fingerprint density at radius 3 is 2.39 bits per heavy atom. The molecule has 0 spiro atoms. The van der Waals surface area contributed by atoms with Crippen LogP contribution < -0.4 is 19.5 Å². The molecule has 2 aromatic carbocycles. The molecule has 1 aromatic heterocycles. The maximum Gasteiger partial charge on any atom is 0.225 e. The Morgan fingerprint density at radius 2 is 1.76 bits per heavy atom. The van der Waals surface area contributed by atoms with Crippen LogP contribution in [-0.2, 0) is 14.6 Å². The van der Waals surface area contributed by atoms with Gasteiger partial charge in [-0.05, 0) is 55.8 Å². The zero-order chi connectivity index (χ0) is 23.8. The molecule has 9 heteroatoms. The molecule has 0 saturated heterocycles. The second-order valence-corrected chi connectivity index (χ2v) is 10.7. The van der Waals surface area contributed by atoms with Gasteiger partial charge in [0.1, 0.15) is 10.6 Å². The first-order valence-electron chi connectivity index (χ1n) is 10.4. The SMILES string of the molecule is COc1ccc(S(=O)(=O)c2csc3c2NC(=O)C[C@@H]3c2ccc(OC)c(OC(C)C)c2)cc1. The molecule has 7 nitrogen and oxygen atoms in total. The molecule has 0 radical (unpaired) electrons. The molecule has 1 N–H and O–H groups in total. The van der Waals surface area contributed by atoms with E-state index in [1.165, 1.54) is 30.6 Å². The van der Waals surface area contributed by atoms with Crippen molar-refractivity contribution >= 4 is 32.8 Å². The number of rotatable bonds is 7. The van der Waals surface area contributed by atoms with E-state index in [-0.39, 0.29) is 34.1 Å². The average molecular weight is 488 g/mol. The minimum absolute atomic E-state index is 0.0534. The Hall–Kier alpha value is -3.04. The van der Waals surface area contributed by atoms with E-state index in [2.05, 4.69) is 5.32 Å². The van der Waals surface area contributed by atoms with Crippen LogP contribution in [0.3, 0.4) is 0 Å². The molecule has 1 atom stereocenters. The summed E-state index contributed by atoms with van der Waals surface area (Å²) in [4.78, 5) is 13.6. The van der Waals surface area contributed by atoms with Gasteiger partial charge in [0.15, 0.2) is 11.5 Å². The summed E-state index contributed by atoms with van der Waals surface area (Å²) in [5.74, 6) is 1.22. The van der Waals surface area contributed by atoms with Gasteiger partial charge in [-0.15, -0.1) is 11.3 Å². The number of thiophene rings is 1. The molecule has 0 fully saturated rings. The van der Waals surface area contributed by atoms with Crippen molar-refractivity contribution in [3.63, 3.8) is 0 Å². The van der Waals surface area contributed by atoms with Gasteiger partial charge in [0.05, 0.1) is 30.9 Å². The molecule has 3 aromatic rings. The molecular weight excluding hydrogens is 462 g/mol. The van der Waals surface area contributed by atoms with E-state index >= 15 is 0 Å². The Bertz CT molecular complexity index is 1280. The van der Waals surface area contributed by atoms with Crippen LogP contribution in [0.4, 0.5) is 5.69 Å². The quantitative estimate of drug-likeness (QED) is 0.512. The molecule has 0 saturated carbocycles. The molecule has 0 unspecified atom stereocenters. The lowest BCUT2D eigenvalue weighted by Crippen LogP contribution is -2.23. The predicted octanol–water partition coefficient (Wildman–Crippen LogP) is 4.86. The molecule has 0 bridgehead atoms. The van der Waals surface area contributed by atoms with E-state index < -0.39 is 9.84 Å². The lowest BCUT2D eigenvalue weighted by molar-refractivity contribution is -0.116. The van der Waals surface area contributed by atoms with Crippen LogP contribution >= 0.6 is 11.3 Å². The molecule has 1 amide bonds. The van der Waals surface area contributed by atoms with Crippen molar-refractivity contribution in [1.29, 1.82) is 0 Å². The third-order valence-corrected chi connectivity index (χ3v) is 8.41. The number of hydrogen-bond acceptors (Lipinski definition) is 7. The summed E-state index contributed by atoms with van der Waals surface area (Å²) < 4.78 is 43.1. The van der Waals surface area contributed by atoms with Crippen LogP contribution in [-0.4, -0.2) is 34.6 Å².